The quantitative estimate of drug-likeness (QED) is 0.830. The maximum atomic E-state index is 12.3. The minimum atomic E-state index is -0.222. The van der Waals surface area contributed by atoms with E-state index in [0.717, 1.165) is 11.1 Å². The van der Waals surface area contributed by atoms with Crippen LogP contribution in [-0.2, 0) is 9.59 Å². The standard InChI is InChI=1S/C17H25ClN2O3/c1-6-20(9-15(21)19-11(2)3)16(22)10-23-17-12(4)7-14(18)8-13(17)5/h7-8,11H,6,9-10H2,1-5H3,(H,19,21). The predicted molar refractivity (Wildman–Crippen MR) is 92.0 cm³/mol. The third-order valence-corrected chi connectivity index (χ3v) is 3.50. The van der Waals surface area contributed by atoms with Crippen molar-refractivity contribution in [3.05, 3.63) is 28.3 Å². The van der Waals surface area contributed by atoms with Gasteiger partial charge in [-0.3, -0.25) is 9.59 Å². The molecule has 0 aliphatic carbocycles. The largest absolute Gasteiger partial charge is 0.483 e. The summed E-state index contributed by atoms with van der Waals surface area (Å²) in [5.74, 6) is 0.264. The molecule has 1 rings (SSSR count). The number of hydrogen-bond acceptors (Lipinski definition) is 3. The number of carbonyl (C=O) groups is 2. The van der Waals surface area contributed by atoms with Crippen LogP contribution in [0.25, 0.3) is 0 Å². The molecule has 0 spiro atoms. The fraction of sp³-hybridized carbons (Fsp3) is 0.529. The van der Waals surface area contributed by atoms with Gasteiger partial charge >= 0.3 is 0 Å². The van der Waals surface area contributed by atoms with Crippen LogP contribution >= 0.6 is 11.6 Å². The molecule has 5 nitrogen and oxygen atoms in total. The molecule has 0 aliphatic rings. The molecule has 0 radical (unpaired) electrons. The Bertz CT molecular complexity index is 550. The number of rotatable bonds is 7. The third-order valence-electron chi connectivity index (χ3n) is 3.28. The molecule has 0 aromatic heterocycles. The summed E-state index contributed by atoms with van der Waals surface area (Å²) in [5.41, 5.74) is 1.76. The Morgan fingerprint density at radius 3 is 2.30 bits per heavy atom. The molecule has 0 unspecified atom stereocenters. The highest BCUT2D eigenvalue weighted by Crippen LogP contribution is 2.26. The molecule has 0 saturated carbocycles. The first kappa shape index (κ1) is 19.3. The molecule has 0 atom stereocenters. The smallest absolute Gasteiger partial charge is 0.260 e. The summed E-state index contributed by atoms with van der Waals surface area (Å²) in [6, 6.07) is 3.64. The lowest BCUT2D eigenvalue weighted by Crippen LogP contribution is -2.44. The van der Waals surface area contributed by atoms with Crippen molar-refractivity contribution in [2.75, 3.05) is 19.7 Å². The van der Waals surface area contributed by atoms with E-state index >= 15 is 0 Å². The van der Waals surface area contributed by atoms with Gasteiger partial charge in [-0.15, -0.1) is 0 Å². The topological polar surface area (TPSA) is 58.6 Å². The van der Waals surface area contributed by atoms with Crippen molar-refractivity contribution in [2.24, 2.45) is 0 Å². The molecule has 0 saturated heterocycles. The maximum Gasteiger partial charge on any atom is 0.260 e. The molecular weight excluding hydrogens is 316 g/mol. The lowest BCUT2D eigenvalue weighted by Gasteiger charge is -2.22. The molecule has 0 fully saturated rings. The van der Waals surface area contributed by atoms with E-state index in [1.54, 1.807) is 12.1 Å². The van der Waals surface area contributed by atoms with Gasteiger partial charge in [0, 0.05) is 17.6 Å². The summed E-state index contributed by atoms with van der Waals surface area (Å²) in [7, 11) is 0. The van der Waals surface area contributed by atoms with Crippen molar-refractivity contribution in [1.29, 1.82) is 0 Å². The Balaban J connectivity index is 2.66. The van der Waals surface area contributed by atoms with E-state index < -0.39 is 0 Å². The summed E-state index contributed by atoms with van der Waals surface area (Å²) in [6.07, 6.45) is 0. The van der Waals surface area contributed by atoms with Gasteiger partial charge in [-0.05, 0) is 57.9 Å². The second-order valence-electron chi connectivity index (χ2n) is 5.79. The van der Waals surface area contributed by atoms with Gasteiger partial charge in [0.05, 0.1) is 6.54 Å². The molecular formula is C17H25ClN2O3. The number of halogens is 1. The number of likely N-dealkylation sites (N-methyl/N-ethyl adjacent to an activating group) is 1. The van der Waals surface area contributed by atoms with E-state index in [9.17, 15) is 9.59 Å². The van der Waals surface area contributed by atoms with E-state index in [-0.39, 0.29) is 31.0 Å². The first-order valence-electron chi connectivity index (χ1n) is 7.71. The van der Waals surface area contributed by atoms with E-state index in [1.165, 1.54) is 4.90 Å². The lowest BCUT2D eigenvalue weighted by atomic mass is 10.1. The van der Waals surface area contributed by atoms with Crippen molar-refractivity contribution in [1.82, 2.24) is 10.2 Å². The van der Waals surface area contributed by atoms with Crippen LogP contribution in [0.4, 0.5) is 0 Å². The average molecular weight is 341 g/mol. The summed E-state index contributed by atoms with van der Waals surface area (Å²) < 4.78 is 5.65. The Morgan fingerprint density at radius 2 is 1.83 bits per heavy atom. The molecule has 6 heteroatoms. The predicted octanol–water partition coefficient (Wildman–Crippen LogP) is 2.71. The second-order valence-corrected chi connectivity index (χ2v) is 6.22. The fourth-order valence-electron chi connectivity index (χ4n) is 2.27. The highest BCUT2D eigenvalue weighted by atomic mass is 35.5. The van der Waals surface area contributed by atoms with Gasteiger partial charge in [0.2, 0.25) is 5.91 Å². The van der Waals surface area contributed by atoms with Gasteiger partial charge in [0.1, 0.15) is 5.75 Å². The van der Waals surface area contributed by atoms with Crippen LogP contribution in [0, 0.1) is 13.8 Å². The molecule has 0 heterocycles. The van der Waals surface area contributed by atoms with Gasteiger partial charge < -0.3 is 15.0 Å². The summed E-state index contributed by atoms with van der Waals surface area (Å²) >= 11 is 5.98. The van der Waals surface area contributed by atoms with Crippen LogP contribution < -0.4 is 10.1 Å². The van der Waals surface area contributed by atoms with Crippen LogP contribution in [0.3, 0.4) is 0 Å². The van der Waals surface area contributed by atoms with Gasteiger partial charge in [0.25, 0.3) is 5.91 Å². The zero-order chi connectivity index (χ0) is 17.6. The molecule has 1 N–H and O–H groups in total. The molecule has 1 aromatic carbocycles. The summed E-state index contributed by atoms with van der Waals surface area (Å²) in [4.78, 5) is 25.5. The van der Waals surface area contributed by atoms with Gasteiger partial charge in [-0.2, -0.15) is 0 Å². The molecule has 1 aromatic rings. The maximum absolute atomic E-state index is 12.3. The molecule has 0 bridgehead atoms. The number of benzene rings is 1. The lowest BCUT2D eigenvalue weighted by molar-refractivity contribution is -0.137. The normalized spacial score (nSPS) is 10.6. The number of amides is 2. The zero-order valence-electron chi connectivity index (χ0n) is 14.4. The summed E-state index contributed by atoms with van der Waals surface area (Å²) in [6.45, 7) is 9.74. The van der Waals surface area contributed by atoms with Crippen LogP contribution in [0.2, 0.25) is 5.02 Å². The minimum Gasteiger partial charge on any atom is -0.483 e. The van der Waals surface area contributed by atoms with Gasteiger partial charge in [-0.1, -0.05) is 11.6 Å². The number of hydrogen-bond donors (Lipinski definition) is 1. The first-order valence-corrected chi connectivity index (χ1v) is 8.09. The highest BCUT2D eigenvalue weighted by molar-refractivity contribution is 6.30. The number of nitrogens with zero attached hydrogens (tertiary/aromatic N) is 1. The molecule has 0 aliphatic heterocycles. The molecule has 128 valence electrons. The average Bonchev–Trinajstić information content (AvgIpc) is 2.42. The number of carbonyl (C=O) groups excluding carboxylic acids is 2. The third kappa shape index (κ3) is 6.10. The van der Waals surface area contributed by atoms with Crippen molar-refractivity contribution >= 4 is 23.4 Å². The van der Waals surface area contributed by atoms with E-state index in [2.05, 4.69) is 5.32 Å². The van der Waals surface area contributed by atoms with Crippen molar-refractivity contribution < 1.29 is 14.3 Å². The number of nitrogens with one attached hydrogen (secondary N) is 1. The Morgan fingerprint density at radius 1 is 1.26 bits per heavy atom. The summed E-state index contributed by atoms with van der Waals surface area (Å²) in [5, 5.41) is 3.41. The van der Waals surface area contributed by atoms with Crippen LogP contribution in [0.1, 0.15) is 31.9 Å². The van der Waals surface area contributed by atoms with E-state index in [4.69, 9.17) is 16.3 Å². The van der Waals surface area contributed by atoms with Crippen molar-refractivity contribution in [2.45, 2.75) is 40.7 Å². The minimum absolute atomic E-state index is 0.0372. The van der Waals surface area contributed by atoms with Crippen LogP contribution in [0.15, 0.2) is 12.1 Å². The van der Waals surface area contributed by atoms with Crippen molar-refractivity contribution in [3.8, 4) is 5.75 Å². The Labute approximate surface area is 142 Å². The molecule has 2 amide bonds. The number of ether oxygens (including phenoxy) is 1. The first-order chi connectivity index (χ1) is 10.7. The van der Waals surface area contributed by atoms with Crippen molar-refractivity contribution in [3.63, 3.8) is 0 Å². The fourth-order valence-corrected chi connectivity index (χ4v) is 2.59. The van der Waals surface area contributed by atoms with Crippen LogP contribution in [0.5, 0.6) is 5.75 Å². The van der Waals surface area contributed by atoms with Gasteiger partial charge in [0.15, 0.2) is 6.61 Å². The SMILES string of the molecule is CCN(CC(=O)NC(C)C)C(=O)COc1c(C)cc(Cl)cc1C. The van der Waals surface area contributed by atoms with Gasteiger partial charge in [-0.25, -0.2) is 0 Å². The Kier molecular flexibility index (Phi) is 7.36. The molecule has 23 heavy (non-hydrogen) atoms. The van der Waals surface area contributed by atoms with Crippen LogP contribution in [-0.4, -0.2) is 42.5 Å². The monoisotopic (exact) mass is 340 g/mol. The zero-order valence-corrected chi connectivity index (χ0v) is 15.2. The number of aryl methyl sites for hydroxylation is 2. The van der Waals surface area contributed by atoms with E-state index in [1.807, 2.05) is 34.6 Å². The van der Waals surface area contributed by atoms with E-state index in [0.29, 0.717) is 17.3 Å². The second kappa shape index (κ2) is 8.77. The highest BCUT2D eigenvalue weighted by Gasteiger charge is 2.17. The Hall–Kier alpha value is -1.75.